The highest BCUT2D eigenvalue weighted by molar-refractivity contribution is 14.1. The van der Waals surface area contributed by atoms with Crippen molar-refractivity contribution < 1.29 is 22.0 Å². The van der Waals surface area contributed by atoms with Crippen LogP contribution in [0.1, 0.15) is 11.1 Å². The third kappa shape index (κ3) is 1.99. The lowest BCUT2D eigenvalue weighted by atomic mass is 10.1. The van der Waals surface area contributed by atoms with Crippen LogP contribution in [0.5, 0.6) is 0 Å². The van der Waals surface area contributed by atoms with Crippen molar-refractivity contribution in [2.24, 2.45) is 0 Å². The SMILES string of the molecule is Cc1c(I)cc(C(F)(F)F)c(F)c1F. The van der Waals surface area contributed by atoms with Gasteiger partial charge in [-0.05, 0) is 35.6 Å². The molecule has 0 spiro atoms. The molecule has 0 atom stereocenters. The largest absolute Gasteiger partial charge is 0.419 e. The molecular weight excluding hydrogens is 318 g/mol. The van der Waals surface area contributed by atoms with Crippen LogP contribution in [-0.4, -0.2) is 0 Å². The fraction of sp³-hybridized carbons (Fsp3) is 0.250. The van der Waals surface area contributed by atoms with Crippen molar-refractivity contribution in [1.29, 1.82) is 0 Å². The molecule has 1 aromatic carbocycles. The summed E-state index contributed by atoms with van der Waals surface area (Å²) in [5.41, 5.74) is -1.68. The quantitative estimate of drug-likeness (QED) is 0.386. The lowest BCUT2D eigenvalue weighted by molar-refractivity contribution is -0.140. The molecule has 1 aromatic rings. The van der Waals surface area contributed by atoms with E-state index in [9.17, 15) is 22.0 Å². The van der Waals surface area contributed by atoms with E-state index in [0.717, 1.165) is 0 Å². The van der Waals surface area contributed by atoms with E-state index in [-0.39, 0.29) is 9.13 Å². The third-order valence-corrected chi connectivity index (χ3v) is 2.81. The van der Waals surface area contributed by atoms with Gasteiger partial charge >= 0.3 is 6.18 Å². The van der Waals surface area contributed by atoms with Crippen LogP contribution in [0, 0.1) is 22.1 Å². The molecule has 0 amide bonds. The van der Waals surface area contributed by atoms with Gasteiger partial charge in [0.1, 0.15) is 0 Å². The molecule has 0 bridgehead atoms. The molecule has 0 aliphatic heterocycles. The average molecular weight is 322 g/mol. The van der Waals surface area contributed by atoms with Crippen molar-refractivity contribution >= 4 is 22.6 Å². The molecule has 6 heteroatoms. The van der Waals surface area contributed by atoms with Crippen LogP contribution >= 0.6 is 22.6 Å². The Kier molecular flexibility index (Phi) is 3.03. The van der Waals surface area contributed by atoms with E-state index >= 15 is 0 Å². The molecule has 1 rings (SSSR count). The second kappa shape index (κ2) is 3.63. The Hall–Kier alpha value is -0.400. The Morgan fingerprint density at radius 3 is 2.07 bits per heavy atom. The zero-order valence-corrected chi connectivity index (χ0v) is 9.00. The summed E-state index contributed by atoms with van der Waals surface area (Å²) in [6.45, 7) is 1.22. The first-order valence-corrected chi connectivity index (χ1v) is 4.54. The fourth-order valence-corrected chi connectivity index (χ4v) is 1.44. The topological polar surface area (TPSA) is 0 Å². The van der Waals surface area contributed by atoms with Crippen molar-refractivity contribution in [2.45, 2.75) is 13.1 Å². The smallest absolute Gasteiger partial charge is 0.203 e. The monoisotopic (exact) mass is 322 g/mol. The van der Waals surface area contributed by atoms with Crippen LogP contribution in [0.3, 0.4) is 0 Å². The molecule has 0 fully saturated rings. The maximum atomic E-state index is 12.9. The second-order valence-electron chi connectivity index (χ2n) is 2.66. The van der Waals surface area contributed by atoms with Gasteiger partial charge in [-0.15, -0.1) is 0 Å². The minimum Gasteiger partial charge on any atom is -0.203 e. The summed E-state index contributed by atoms with van der Waals surface area (Å²) in [7, 11) is 0. The summed E-state index contributed by atoms with van der Waals surface area (Å²) in [4.78, 5) is 0. The second-order valence-corrected chi connectivity index (χ2v) is 3.82. The summed E-state index contributed by atoms with van der Waals surface area (Å²) < 4.78 is 62.2. The van der Waals surface area contributed by atoms with Gasteiger partial charge in [0.2, 0.25) is 0 Å². The number of alkyl halides is 3. The molecule has 0 heterocycles. The van der Waals surface area contributed by atoms with Gasteiger partial charge in [0.25, 0.3) is 0 Å². The molecule has 0 radical (unpaired) electrons. The predicted molar refractivity (Wildman–Crippen MR) is 48.8 cm³/mol. The number of halogens is 6. The Morgan fingerprint density at radius 2 is 1.64 bits per heavy atom. The summed E-state index contributed by atoms with van der Waals surface area (Å²) in [5, 5.41) is 0. The van der Waals surface area contributed by atoms with Crippen LogP contribution in [0.15, 0.2) is 6.07 Å². The van der Waals surface area contributed by atoms with Crippen molar-refractivity contribution in [1.82, 2.24) is 0 Å². The van der Waals surface area contributed by atoms with Crippen LogP contribution in [0.2, 0.25) is 0 Å². The van der Waals surface area contributed by atoms with Gasteiger partial charge in [0.05, 0.1) is 5.56 Å². The van der Waals surface area contributed by atoms with Gasteiger partial charge in [-0.2, -0.15) is 13.2 Å². The van der Waals surface area contributed by atoms with E-state index in [1.54, 1.807) is 0 Å². The summed E-state index contributed by atoms with van der Waals surface area (Å²) >= 11 is 1.53. The van der Waals surface area contributed by atoms with E-state index in [4.69, 9.17) is 0 Å². The van der Waals surface area contributed by atoms with Crippen molar-refractivity contribution in [2.75, 3.05) is 0 Å². The average Bonchev–Trinajstić information content (AvgIpc) is 2.06. The van der Waals surface area contributed by atoms with E-state index in [2.05, 4.69) is 0 Å². The van der Waals surface area contributed by atoms with Crippen molar-refractivity contribution in [3.8, 4) is 0 Å². The highest BCUT2D eigenvalue weighted by atomic mass is 127. The zero-order chi connectivity index (χ0) is 11.1. The Morgan fingerprint density at radius 1 is 1.14 bits per heavy atom. The zero-order valence-electron chi connectivity index (χ0n) is 6.85. The van der Waals surface area contributed by atoms with E-state index in [1.807, 2.05) is 0 Å². The highest BCUT2D eigenvalue weighted by Gasteiger charge is 2.36. The van der Waals surface area contributed by atoms with Crippen LogP contribution in [0.4, 0.5) is 22.0 Å². The molecular formula is C8H4F5I. The van der Waals surface area contributed by atoms with Gasteiger partial charge < -0.3 is 0 Å². The minimum absolute atomic E-state index is 0.0498. The molecule has 0 aliphatic rings. The normalized spacial score (nSPS) is 11.9. The Labute approximate surface area is 90.3 Å². The molecule has 0 nitrogen and oxygen atoms in total. The first-order valence-electron chi connectivity index (χ1n) is 3.46. The molecule has 0 saturated heterocycles. The van der Waals surface area contributed by atoms with Crippen LogP contribution < -0.4 is 0 Å². The Bertz CT molecular complexity index is 369. The summed E-state index contributed by atoms with van der Waals surface area (Å²) in [5.74, 6) is -3.28. The number of benzene rings is 1. The molecule has 0 aromatic heterocycles. The molecule has 0 unspecified atom stereocenters. The van der Waals surface area contributed by atoms with Gasteiger partial charge in [-0.25, -0.2) is 8.78 Å². The van der Waals surface area contributed by atoms with Crippen LogP contribution in [-0.2, 0) is 6.18 Å². The number of rotatable bonds is 0. The Balaban J connectivity index is 3.49. The van der Waals surface area contributed by atoms with E-state index in [1.165, 1.54) is 29.5 Å². The minimum atomic E-state index is -4.86. The fourth-order valence-electron chi connectivity index (χ4n) is 0.892. The standard InChI is InChI=1S/C8H4F5I/c1-3-5(14)2-4(8(11,12)13)7(10)6(3)9/h2H,1H3. The molecule has 78 valence electrons. The summed E-state index contributed by atoms with van der Waals surface area (Å²) in [6, 6.07) is 0.592. The maximum Gasteiger partial charge on any atom is 0.419 e. The van der Waals surface area contributed by atoms with Crippen LogP contribution in [0.25, 0.3) is 0 Å². The highest BCUT2D eigenvalue weighted by Crippen LogP contribution is 2.34. The first kappa shape index (κ1) is 11.7. The summed E-state index contributed by atoms with van der Waals surface area (Å²) in [6.07, 6.45) is -4.86. The van der Waals surface area contributed by atoms with Gasteiger partial charge in [0, 0.05) is 9.13 Å². The predicted octanol–water partition coefficient (Wildman–Crippen LogP) is 3.90. The number of hydrogen-bond acceptors (Lipinski definition) is 0. The molecule has 0 N–H and O–H groups in total. The van der Waals surface area contributed by atoms with Crippen molar-refractivity contribution in [3.63, 3.8) is 0 Å². The first-order chi connectivity index (χ1) is 6.25. The third-order valence-electron chi connectivity index (χ3n) is 1.69. The van der Waals surface area contributed by atoms with E-state index in [0.29, 0.717) is 6.07 Å². The maximum absolute atomic E-state index is 12.9. The molecule has 0 saturated carbocycles. The lowest BCUT2D eigenvalue weighted by Crippen LogP contribution is -2.11. The molecule has 0 aliphatic carbocycles. The molecule has 14 heavy (non-hydrogen) atoms. The van der Waals surface area contributed by atoms with Gasteiger partial charge in [0.15, 0.2) is 11.6 Å². The van der Waals surface area contributed by atoms with Gasteiger partial charge in [-0.3, -0.25) is 0 Å². The van der Waals surface area contributed by atoms with Crippen molar-refractivity contribution in [3.05, 3.63) is 32.4 Å². The number of hydrogen-bond donors (Lipinski definition) is 0. The van der Waals surface area contributed by atoms with E-state index < -0.39 is 23.4 Å². The van der Waals surface area contributed by atoms with Gasteiger partial charge in [-0.1, -0.05) is 0 Å². The lowest BCUT2D eigenvalue weighted by Gasteiger charge is -2.10.